The molecule has 0 amide bonds. The maximum atomic E-state index is 4.77. The minimum Gasteiger partial charge on any atom is -0.309 e. The molecule has 4 aromatic heterocycles. The van der Waals surface area contributed by atoms with Gasteiger partial charge < -0.3 is 4.57 Å². The van der Waals surface area contributed by atoms with Gasteiger partial charge in [-0.15, -0.1) is 0 Å². The van der Waals surface area contributed by atoms with Crippen molar-refractivity contribution in [1.29, 1.82) is 0 Å². The summed E-state index contributed by atoms with van der Waals surface area (Å²) in [6, 6.07) is 25.7. The predicted molar refractivity (Wildman–Crippen MR) is 122 cm³/mol. The monoisotopic (exact) mass is 384 g/mol. The molecule has 4 nitrogen and oxygen atoms in total. The van der Waals surface area contributed by atoms with E-state index in [-0.39, 0.29) is 0 Å². The van der Waals surface area contributed by atoms with Crippen molar-refractivity contribution in [3.63, 3.8) is 0 Å². The summed E-state index contributed by atoms with van der Waals surface area (Å²) in [4.78, 5) is 9.18. The highest BCUT2D eigenvalue weighted by molar-refractivity contribution is 6.28. The van der Waals surface area contributed by atoms with Gasteiger partial charge >= 0.3 is 0 Å². The van der Waals surface area contributed by atoms with Gasteiger partial charge in [-0.05, 0) is 35.7 Å². The Kier molecular flexibility index (Phi) is 2.97. The van der Waals surface area contributed by atoms with Gasteiger partial charge in [0.15, 0.2) is 0 Å². The molecule has 0 radical (unpaired) electrons. The van der Waals surface area contributed by atoms with Gasteiger partial charge in [-0.25, -0.2) is 4.98 Å². The first-order valence-corrected chi connectivity index (χ1v) is 10.0. The van der Waals surface area contributed by atoms with E-state index in [2.05, 4.69) is 86.7 Å². The standard InChI is InChI=1S/C26H16N4/c1-2-6-17(7-3-1)30-22-9-5-4-8-19(22)24-23(30)11-10-18-20-16-27-13-12-21(20)29-15-14-28-26(29)25(18)24/h1-16H. The number of rotatable bonds is 1. The predicted octanol–water partition coefficient (Wildman–Crippen LogP) is 6.13. The Morgan fingerprint density at radius 1 is 0.600 bits per heavy atom. The van der Waals surface area contributed by atoms with Crippen LogP contribution in [0.3, 0.4) is 0 Å². The molecule has 0 fully saturated rings. The molecule has 7 rings (SSSR count). The summed E-state index contributed by atoms with van der Waals surface area (Å²) < 4.78 is 4.52. The molecular formula is C26H16N4. The summed E-state index contributed by atoms with van der Waals surface area (Å²) in [6.45, 7) is 0. The Hall–Kier alpha value is -4.18. The molecule has 4 heterocycles. The maximum absolute atomic E-state index is 4.77. The molecule has 0 spiro atoms. The summed E-state index contributed by atoms with van der Waals surface area (Å²) >= 11 is 0. The summed E-state index contributed by atoms with van der Waals surface area (Å²) in [5.41, 5.74) is 5.64. The minimum absolute atomic E-state index is 0.977. The fourth-order valence-electron chi connectivity index (χ4n) is 4.86. The van der Waals surface area contributed by atoms with Gasteiger partial charge in [-0.1, -0.05) is 42.5 Å². The SMILES string of the molecule is c1ccc(-n2c3ccccc3c3c4c(ccc32)c2cnccc2n2ccnc42)cc1. The van der Waals surface area contributed by atoms with E-state index < -0.39 is 0 Å². The van der Waals surface area contributed by atoms with Gasteiger partial charge in [0.2, 0.25) is 0 Å². The van der Waals surface area contributed by atoms with Crippen molar-refractivity contribution >= 4 is 49.1 Å². The van der Waals surface area contributed by atoms with Gasteiger partial charge in [0.1, 0.15) is 5.65 Å². The van der Waals surface area contributed by atoms with Gasteiger partial charge in [0.05, 0.1) is 16.6 Å². The Morgan fingerprint density at radius 3 is 2.40 bits per heavy atom. The molecule has 0 bridgehead atoms. The Balaban J connectivity index is 1.82. The summed E-state index contributed by atoms with van der Waals surface area (Å²) in [5.74, 6) is 0. The molecule has 0 saturated heterocycles. The van der Waals surface area contributed by atoms with E-state index in [1.54, 1.807) is 0 Å². The van der Waals surface area contributed by atoms with Gasteiger partial charge in [-0.2, -0.15) is 0 Å². The highest BCUT2D eigenvalue weighted by Gasteiger charge is 2.18. The van der Waals surface area contributed by atoms with Crippen LogP contribution in [0.2, 0.25) is 0 Å². The highest BCUT2D eigenvalue weighted by Crippen LogP contribution is 2.40. The number of aromatic nitrogens is 4. The zero-order valence-corrected chi connectivity index (χ0v) is 16.0. The van der Waals surface area contributed by atoms with Crippen molar-refractivity contribution in [3.05, 3.63) is 97.6 Å². The third-order valence-electron chi connectivity index (χ3n) is 6.07. The number of hydrogen-bond acceptors (Lipinski definition) is 2. The smallest absolute Gasteiger partial charge is 0.145 e. The lowest BCUT2D eigenvalue weighted by atomic mass is 10.0. The molecule has 140 valence electrons. The van der Waals surface area contributed by atoms with E-state index in [1.807, 2.05) is 24.8 Å². The number of pyridine rings is 2. The first kappa shape index (κ1) is 15.7. The Labute approximate surface area is 171 Å². The lowest BCUT2D eigenvalue weighted by Gasteiger charge is -2.10. The molecule has 0 aliphatic rings. The van der Waals surface area contributed by atoms with Crippen molar-refractivity contribution in [1.82, 2.24) is 18.9 Å². The largest absolute Gasteiger partial charge is 0.309 e. The molecule has 0 unspecified atom stereocenters. The number of imidazole rings is 1. The molecule has 3 aromatic carbocycles. The van der Waals surface area contributed by atoms with Crippen LogP contribution in [-0.4, -0.2) is 18.9 Å². The zero-order valence-electron chi connectivity index (χ0n) is 16.0. The number of hydrogen-bond donors (Lipinski definition) is 0. The van der Waals surface area contributed by atoms with Crippen LogP contribution in [-0.2, 0) is 0 Å². The average Bonchev–Trinajstić information content (AvgIpc) is 3.43. The third-order valence-corrected chi connectivity index (χ3v) is 6.07. The second-order valence-corrected chi connectivity index (χ2v) is 7.58. The van der Waals surface area contributed by atoms with Crippen LogP contribution in [0, 0.1) is 0 Å². The summed E-state index contributed by atoms with van der Waals surface area (Å²) in [6.07, 6.45) is 7.71. The van der Waals surface area contributed by atoms with E-state index in [0.29, 0.717) is 0 Å². The van der Waals surface area contributed by atoms with Crippen molar-refractivity contribution in [2.45, 2.75) is 0 Å². The van der Waals surface area contributed by atoms with Crippen LogP contribution < -0.4 is 0 Å². The topological polar surface area (TPSA) is 35.1 Å². The van der Waals surface area contributed by atoms with Gasteiger partial charge in [0, 0.05) is 52.0 Å². The molecule has 0 aliphatic carbocycles. The normalized spacial score (nSPS) is 12.0. The maximum Gasteiger partial charge on any atom is 0.145 e. The first-order chi connectivity index (χ1) is 14.9. The van der Waals surface area contributed by atoms with Crippen molar-refractivity contribution in [3.8, 4) is 5.69 Å². The summed E-state index contributed by atoms with van der Waals surface area (Å²) in [5, 5.41) is 5.95. The quantitative estimate of drug-likeness (QED) is 0.319. The fourth-order valence-corrected chi connectivity index (χ4v) is 4.86. The first-order valence-electron chi connectivity index (χ1n) is 10.0. The zero-order chi connectivity index (χ0) is 19.7. The van der Waals surface area contributed by atoms with Crippen LogP contribution in [0.1, 0.15) is 0 Å². The lowest BCUT2D eigenvalue weighted by Crippen LogP contribution is -1.94. The van der Waals surface area contributed by atoms with Crippen molar-refractivity contribution < 1.29 is 0 Å². The van der Waals surface area contributed by atoms with Crippen LogP contribution in [0.15, 0.2) is 97.6 Å². The van der Waals surface area contributed by atoms with E-state index in [4.69, 9.17) is 4.98 Å². The molecule has 30 heavy (non-hydrogen) atoms. The van der Waals surface area contributed by atoms with E-state index >= 15 is 0 Å². The van der Waals surface area contributed by atoms with Crippen LogP contribution in [0.5, 0.6) is 0 Å². The van der Waals surface area contributed by atoms with E-state index in [9.17, 15) is 0 Å². The second-order valence-electron chi connectivity index (χ2n) is 7.58. The molecule has 4 heteroatoms. The Bertz CT molecular complexity index is 1740. The van der Waals surface area contributed by atoms with Crippen molar-refractivity contribution in [2.75, 3.05) is 0 Å². The highest BCUT2D eigenvalue weighted by atomic mass is 15.0. The van der Waals surface area contributed by atoms with Crippen LogP contribution in [0.4, 0.5) is 0 Å². The molecule has 0 atom stereocenters. The Morgan fingerprint density at radius 2 is 1.47 bits per heavy atom. The summed E-state index contributed by atoms with van der Waals surface area (Å²) in [7, 11) is 0. The number of benzene rings is 3. The number of fused-ring (bicyclic) bond motifs is 10. The minimum atomic E-state index is 0.977. The van der Waals surface area contributed by atoms with Gasteiger partial charge in [0.25, 0.3) is 0 Å². The molecular weight excluding hydrogens is 368 g/mol. The van der Waals surface area contributed by atoms with E-state index in [0.717, 1.165) is 22.2 Å². The number of nitrogens with zero attached hydrogens (tertiary/aromatic N) is 4. The molecule has 0 N–H and O–H groups in total. The second kappa shape index (κ2) is 5.67. The van der Waals surface area contributed by atoms with Crippen molar-refractivity contribution in [2.24, 2.45) is 0 Å². The molecule has 7 aromatic rings. The van der Waals surface area contributed by atoms with Gasteiger partial charge in [-0.3, -0.25) is 9.38 Å². The lowest BCUT2D eigenvalue weighted by molar-refractivity contribution is 1.18. The van der Waals surface area contributed by atoms with E-state index in [1.165, 1.54) is 32.6 Å². The van der Waals surface area contributed by atoms with Crippen LogP contribution in [0.25, 0.3) is 54.8 Å². The third kappa shape index (κ3) is 1.90. The van der Waals surface area contributed by atoms with Crippen LogP contribution >= 0.6 is 0 Å². The fraction of sp³-hybridized carbons (Fsp3) is 0. The average molecular weight is 384 g/mol. The molecule has 0 saturated carbocycles. The number of para-hydroxylation sites is 2. The molecule has 0 aliphatic heterocycles.